The zero-order valence-corrected chi connectivity index (χ0v) is 13.9. The summed E-state index contributed by atoms with van der Waals surface area (Å²) in [5, 5.41) is 7.61. The van der Waals surface area contributed by atoms with E-state index < -0.39 is 11.5 Å². The van der Waals surface area contributed by atoms with Crippen LogP contribution in [0.3, 0.4) is 0 Å². The normalized spacial score (nSPS) is 10.7. The van der Waals surface area contributed by atoms with Crippen LogP contribution in [-0.4, -0.2) is 17.0 Å². The molecular weight excluding hydrogens is 310 g/mol. The standard InChI is InChI=1S/C17H21N3O4/c1-10(2)7-14(21)19-13-6-4-5-12(8-13)9-18-16(22)15-11(3)24-20-17(15)23/h4-6,8,10H,7,9H2,1-3H3,(H,18,22)(H,19,21)(H,20,23). The van der Waals surface area contributed by atoms with Crippen LogP contribution in [0.15, 0.2) is 33.6 Å². The Balaban J connectivity index is 1.98. The Hall–Kier alpha value is -2.83. The predicted octanol–water partition coefficient (Wildman–Crippen LogP) is 2.19. The SMILES string of the molecule is Cc1o[nH]c(=O)c1C(=O)NCc1cccc(NC(=O)CC(C)C)c1. The number of benzene rings is 1. The number of anilines is 1. The molecule has 0 aliphatic heterocycles. The van der Waals surface area contributed by atoms with Crippen molar-refractivity contribution in [2.24, 2.45) is 5.92 Å². The maximum absolute atomic E-state index is 12.0. The second-order valence-corrected chi connectivity index (χ2v) is 5.99. The van der Waals surface area contributed by atoms with Gasteiger partial charge >= 0.3 is 0 Å². The van der Waals surface area contributed by atoms with Gasteiger partial charge in [0.2, 0.25) is 5.91 Å². The first-order chi connectivity index (χ1) is 11.4. The summed E-state index contributed by atoms with van der Waals surface area (Å²) in [7, 11) is 0. The highest BCUT2D eigenvalue weighted by molar-refractivity contribution is 5.94. The molecule has 2 rings (SSSR count). The van der Waals surface area contributed by atoms with Gasteiger partial charge in [-0.15, -0.1) is 0 Å². The summed E-state index contributed by atoms with van der Waals surface area (Å²) in [4.78, 5) is 35.3. The third-order valence-corrected chi connectivity index (χ3v) is 3.36. The Bertz CT molecular complexity index is 789. The van der Waals surface area contributed by atoms with E-state index in [-0.39, 0.29) is 29.7 Å². The van der Waals surface area contributed by atoms with E-state index in [4.69, 9.17) is 4.52 Å². The first kappa shape index (κ1) is 17.5. The highest BCUT2D eigenvalue weighted by Crippen LogP contribution is 2.12. The van der Waals surface area contributed by atoms with Gasteiger partial charge in [0.15, 0.2) is 0 Å². The lowest BCUT2D eigenvalue weighted by atomic mass is 10.1. The van der Waals surface area contributed by atoms with Crippen LogP contribution in [0.5, 0.6) is 0 Å². The smallest absolute Gasteiger partial charge is 0.293 e. The molecule has 1 aromatic carbocycles. The van der Waals surface area contributed by atoms with E-state index in [1.807, 2.05) is 19.9 Å². The fraction of sp³-hybridized carbons (Fsp3) is 0.353. The first-order valence-corrected chi connectivity index (χ1v) is 7.72. The van der Waals surface area contributed by atoms with Gasteiger partial charge in [0.1, 0.15) is 11.3 Å². The monoisotopic (exact) mass is 331 g/mol. The van der Waals surface area contributed by atoms with E-state index in [2.05, 4.69) is 15.8 Å². The van der Waals surface area contributed by atoms with Crippen molar-refractivity contribution in [1.82, 2.24) is 10.5 Å². The highest BCUT2D eigenvalue weighted by Gasteiger charge is 2.17. The van der Waals surface area contributed by atoms with Crippen LogP contribution < -0.4 is 16.2 Å². The number of rotatable bonds is 6. The molecule has 7 heteroatoms. The third kappa shape index (κ3) is 4.58. The minimum Gasteiger partial charge on any atom is -0.383 e. The topological polar surface area (TPSA) is 104 Å². The molecule has 1 heterocycles. The maximum Gasteiger partial charge on any atom is 0.293 e. The van der Waals surface area contributed by atoms with Crippen LogP contribution in [0, 0.1) is 12.8 Å². The summed E-state index contributed by atoms with van der Waals surface area (Å²) < 4.78 is 4.82. The van der Waals surface area contributed by atoms with Gasteiger partial charge in [-0.25, -0.2) is 0 Å². The maximum atomic E-state index is 12.0. The molecule has 0 saturated heterocycles. The number of aryl methyl sites for hydroxylation is 1. The Labute approximate surface area is 139 Å². The second-order valence-electron chi connectivity index (χ2n) is 5.99. The van der Waals surface area contributed by atoms with Gasteiger partial charge in [-0.05, 0) is 30.5 Å². The van der Waals surface area contributed by atoms with Crippen LogP contribution >= 0.6 is 0 Å². The highest BCUT2D eigenvalue weighted by atomic mass is 16.5. The van der Waals surface area contributed by atoms with Crippen LogP contribution in [0.4, 0.5) is 5.69 Å². The minimum atomic E-state index is -0.556. The molecule has 0 fully saturated rings. The second kappa shape index (κ2) is 7.63. The fourth-order valence-corrected chi connectivity index (χ4v) is 2.26. The molecule has 1 aromatic heterocycles. The molecule has 24 heavy (non-hydrogen) atoms. The molecule has 0 aliphatic rings. The quantitative estimate of drug-likeness (QED) is 0.754. The van der Waals surface area contributed by atoms with Crippen molar-refractivity contribution >= 4 is 17.5 Å². The molecule has 0 atom stereocenters. The zero-order valence-electron chi connectivity index (χ0n) is 13.9. The van der Waals surface area contributed by atoms with Gasteiger partial charge < -0.3 is 15.2 Å². The van der Waals surface area contributed by atoms with Crippen molar-refractivity contribution in [3.05, 3.63) is 51.5 Å². The number of nitrogens with one attached hydrogen (secondary N) is 3. The largest absolute Gasteiger partial charge is 0.383 e. The molecule has 0 bridgehead atoms. The molecule has 2 aromatic rings. The summed E-state index contributed by atoms with van der Waals surface area (Å²) in [5.74, 6) is -0.0283. The van der Waals surface area contributed by atoms with Crippen molar-refractivity contribution in [2.45, 2.75) is 33.7 Å². The van der Waals surface area contributed by atoms with Crippen molar-refractivity contribution in [3.63, 3.8) is 0 Å². The lowest BCUT2D eigenvalue weighted by Gasteiger charge is -2.09. The number of amides is 2. The minimum absolute atomic E-state index is 0.0311. The molecule has 0 saturated carbocycles. The Kier molecular flexibility index (Phi) is 5.57. The third-order valence-electron chi connectivity index (χ3n) is 3.36. The number of aromatic amines is 1. The van der Waals surface area contributed by atoms with Crippen molar-refractivity contribution in [2.75, 3.05) is 5.32 Å². The number of hydrogen-bond acceptors (Lipinski definition) is 4. The van der Waals surface area contributed by atoms with Gasteiger partial charge in [-0.1, -0.05) is 26.0 Å². The van der Waals surface area contributed by atoms with E-state index >= 15 is 0 Å². The number of hydrogen-bond donors (Lipinski definition) is 3. The van der Waals surface area contributed by atoms with Crippen LogP contribution in [-0.2, 0) is 11.3 Å². The van der Waals surface area contributed by atoms with E-state index in [1.165, 1.54) is 6.92 Å². The number of H-pyrrole nitrogens is 1. The summed E-state index contributed by atoms with van der Waals surface area (Å²) >= 11 is 0. The van der Waals surface area contributed by atoms with Crippen LogP contribution in [0.25, 0.3) is 0 Å². The number of aromatic nitrogens is 1. The summed E-state index contributed by atoms with van der Waals surface area (Å²) in [5.41, 5.74) is 0.893. The van der Waals surface area contributed by atoms with Gasteiger partial charge in [0.25, 0.3) is 11.5 Å². The molecule has 0 aliphatic carbocycles. The average Bonchev–Trinajstić information content (AvgIpc) is 2.83. The van der Waals surface area contributed by atoms with E-state index in [1.54, 1.807) is 18.2 Å². The molecule has 0 radical (unpaired) electrons. The summed E-state index contributed by atoms with van der Waals surface area (Å²) in [6, 6.07) is 7.19. The van der Waals surface area contributed by atoms with Crippen molar-refractivity contribution < 1.29 is 14.1 Å². The number of carbonyl (C=O) groups is 2. The molecular formula is C17H21N3O4. The molecule has 7 nitrogen and oxygen atoms in total. The van der Waals surface area contributed by atoms with E-state index in [9.17, 15) is 14.4 Å². The van der Waals surface area contributed by atoms with E-state index in [0.29, 0.717) is 12.1 Å². The van der Waals surface area contributed by atoms with Crippen molar-refractivity contribution in [3.8, 4) is 0 Å². The molecule has 0 spiro atoms. The Morgan fingerprint density at radius 1 is 1.29 bits per heavy atom. The lowest BCUT2D eigenvalue weighted by molar-refractivity contribution is -0.116. The number of carbonyl (C=O) groups excluding carboxylic acids is 2. The molecule has 3 N–H and O–H groups in total. The van der Waals surface area contributed by atoms with Crippen LogP contribution in [0.1, 0.15) is 41.9 Å². The Morgan fingerprint density at radius 3 is 2.67 bits per heavy atom. The summed E-state index contributed by atoms with van der Waals surface area (Å²) in [6.45, 7) is 5.73. The Morgan fingerprint density at radius 2 is 2.04 bits per heavy atom. The lowest BCUT2D eigenvalue weighted by Crippen LogP contribution is -2.27. The zero-order chi connectivity index (χ0) is 17.7. The summed E-state index contributed by atoms with van der Waals surface area (Å²) in [6.07, 6.45) is 0.448. The first-order valence-electron chi connectivity index (χ1n) is 7.72. The van der Waals surface area contributed by atoms with Gasteiger partial charge in [-0.3, -0.25) is 14.4 Å². The average molecular weight is 331 g/mol. The predicted molar refractivity (Wildman–Crippen MR) is 89.8 cm³/mol. The van der Waals surface area contributed by atoms with Crippen molar-refractivity contribution in [1.29, 1.82) is 0 Å². The van der Waals surface area contributed by atoms with Gasteiger partial charge in [0.05, 0.1) is 0 Å². The van der Waals surface area contributed by atoms with E-state index in [0.717, 1.165) is 5.56 Å². The van der Waals surface area contributed by atoms with Crippen LogP contribution in [0.2, 0.25) is 0 Å². The fourth-order valence-electron chi connectivity index (χ4n) is 2.26. The molecule has 2 amide bonds. The molecule has 128 valence electrons. The van der Waals surface area contributed by atoms with Gasteiger partial charge in [0, 0.05) is 18.7 Å². The van der Waals surface area contributed by atoms with Gasteiger partial charge in [-0.2, -0.15) is 5.16 Å². The molecule has 0 unspecified atom stereocenters.